The van der Waals surface area contributed by atoms with Gasteiger partial charge in [-0.05, 0) is 6.92 Å². The Hall–Kier alpha value is -0.160. The largest absolute Gasteiger partial charge is 0.383 e. The predicted molar refractivity (Wildman–Crippen MR) is 31.4 cm³/mol. The van der Waals surface area contributed by atoms with E-state index in [4.69, 9.17) is 0 Å². The zero-order valence-electron chi connectivity index (χ0n) is 5.30. The van der Waals surface area contributed by atoms with Crippen LogP contribution in [-0.4, -0.2) is 27.4 Å². The van der Waals surface area contributed by atoms with Gasteiger partial charge in [0.2, 0.25) is 0 Å². The molecule has 0 aliphatic carbocycles. The minimum absolute atomic E-state index is 0.0984. The van der Waals surface area contributed by atoms with Crippen LogP contribution in [0.1, 0.15) is 6.92 Å². The molecule has 0 aromatic rings. The van der Waals surface area contributed by atoms with Crippen molar-refractivity contribution < 1.29 is 17.0 Å². The number of hydrogen-bond acceptors (Lipinski definition) is 3. The maximum atomic E-state index is 11.9. The Bertz CT molecular complexity index is 163. The van der Waals surface area contributed by atoms with Crippen LogP contribution in [0.15, 0.2) is 0 Å². The second-order valence-electron chi connectivity index (χ2n) is 1.74. The molecule has 1 atom stereocenters. The van der Waals surface area contributed by atoms with Crippen LogP contribution in [0.2, 0.25) is 0 Å². The van der Waals surface area contributed by atoms with Crippen LogP contribution in [0.3, 0.4) is 0 Å². The van der Waals surface area contributed by atoms with Gasteiger partial charge in [0.05, 0.1) is 6.61 Å². The molecule has 5 heteroatoms. The van der Waals surface area contributed by atoms with Gasteiger partial charge in [0.1, 0.15) is 5.25 Å². The quantitative estimate of drug-likeness (QED) is 0.553. The van der Waals surface area contributed by atoms with Crippen LogP contribution < -0.4 is 0 Å². The molecule has 0 aromatic heterocycles. The van der Waals surface area contributed by atoms with E-state index in [0.717, 1.165) is 0 Å². The fourth-order valence-electron chi connectivity index (χ4n) is 0.316. The summed E-state index contributed by atoms with van der Waals surface area (Å²) in [4.78, 5) is 0. The molecule has 0 fully saturated rings. The third-order valence-electron chi connectivity index (χ3n) is 0.882. The fraction of sp³-hybridized carbons (Fsp3) is 1.00. The zero-order chi connectivity index (χ0) is 7.49. The molecule has 56 valence electrons. The second kappa shape index (κ2) is 3.12. The van der Waals surface area contributed by atoms with Crippen LogP contribution >= 0.6 is 0 Å². The lowest BCUT2D eigenvalue weighted by Crippen LogP contribution is -2.18. The molecule has 3 nitrogen and oxygen atoms in total. The molecule has 0 saturated heterocycles. The predicted octanol–water partition coefficient (Wildman–Crippen LogP) is 0.321. The summed E-state index contributed by atoms with van der Waals surface area (Å²) in [6.45, 7) is 1.15. The highest BCUT2D eigenvalue weighted by Gasteiger charge is 2.18. The number of ether oxygens (including phenoxy) is 1. The Labute approximate surface area is 54.0 Å². The highest BCUT2D eigenvalue weighted by atomic mass is 32.3. The van der Waals surface area contributed by atoms with E-state index in [-0.39, 0.29) is 6.61 Å². The van der Waals surface area contributed by atoms with Crippen LogP contribution in [0.25, 0.3) is 0 Å². The van der Waals surface area contributed by atoms with Crippen molar-refractivity contribution in [3.63, 3.8) is 0 Å². The standard InChI is InChI=1S/C4H9FO3S/c1-4(3-8-2)9(5,6)7/h4H,3H2,1-2H3/t4-/m0/s1. The summed E-state index contributed by atoms with van der Waals surface area (Å²) >= 11 is 0. The Morgan fingerprint density at radius 1 is 1.67 bits per heavy atom. The Morgan fingerprint density at radius 3 is 2.22 bits per heavy atom. The summed E-state index contributed by atoms with van der Waals surface area (Å²) in [7, 11) is -3.07. The third kappa shape index (κ3) is 3.42. The molecule has 0 N–H and O–H groups in total. The number of rotatable bonds is 3. The van der Waals surface area contributed by atoms with E-state index in [1.165, 1.54) is 14.0 Å². The topological polar surface area (TPSA) is 43.4 Å². The van der Waals surface area contributed by atoms with Gasteiger partial charge in [-0.2, -0.15) is 8.42 Å². The summed E-state index contributed by atoms with van der Waals surface area (Å²) in [6.07, 6.45) is 0. The van der Waals surface area contributed by atoms with Crippen molar-refractivity contribution in [2.24, 2.45) is 0 Å². The van der Waals surface area contributed by atoms with Crippen molar-refractivity contribution in [2.75, 3.05) is 13.7 Å². The summed E-state index contributed by atoms with van der Waals surface area (Å²) in [5.74, 6) is 0. The minimum atomic E-state index is -4.39. The van der Waals surface area contributed by atoms with Gasteiger partial charge in [-0.15, -0.1) is 3.89 Å². The van der Waals surface area contributed by atoms with Crippen molar-refractivity contribution in [3.05, 3.63) is 0 Å². The molecule has 0 aliphatic rings. The highest BCUT2D eigenvalue weighted by molar-refractivity contribution is 7.87. The number of halogens is 1. The van der Waals surface area contributed by atoms with Crippen molar-refractivity contribution >= 4 is 10.2 Å². The Morgan fingerprint density at radius 2 is 2.11 bits per heavy atom. The molecule has 0 aromatic carbocycles. The first-order valence-corrected chi connectivity index (χ1v) is 3.85. The summed E-state index contributed by atoms with van der Waals surface area (Å²) < 4.78 is 36.2. The van der Waals surface area contributed by atoms with Gasteiger partial charge in [-0.25, -0.2) is 0 Å². The molecule has 0 aliphatic heterocycles. The van der Waals surface area contributed by atoms with Gasteiger partial charge < -0.3 is 4.74 Å². The fourth-order valence-corrected chi connectivity index (χ4v) is 0.615. The molecule has 0 unspecified atom stereocenters. The average molecular weight is 156 g/mol. The lowest BCUT2D eigenvalue weighted by atomic mass is 10.5. The molecule has 0 saturated carbocycles. The van der Waals surface area contributed by atoms with Crippen molar-refractivity contribution in [1.29, 1.82) is 0 Å². The first kappa shape index (κ1) is 8.84. The van der Waals surface area contributed by atoms with Crippen molar-refractivity contribution in [2.45, 2.75) is 12.2 Å². The summed E-state index contributed by atoms with van der Waals surface area (Å²) in [5.41, 5.74) is 0. The van der Waals surface area contributed by atoms with Crippen LogP contribution in [0.4, 0.5) is 3.89 Å². The van der Waals surface area contributed by atoms with E-state index in [1.54, 1.807) is 0 Å². The van der Waals surface area contributed by atoms with Gasteiger partial charge in [-0.1, -0.05) is 0 Å². The molecule has 0 radical (unpaired) electrons. The molecule has 0 heterocycles. The second-order valence-corrected chi connectivity index (χ2v) is 3.50. The van der Waals surface area contributed by atoms with Gasteiger partial charge in [0.15, 0.2) is 0 Å². The van der Waals surface area contributed by atoms with E-state index in [1.807, 2.05) is 0 Å². The molecule has 0 bridgehead atoms. The third-order valence-corrected chi connectivity index (χ3v) is 1.98. The summed E-state index contributed by atoms with van der Waals surface area (Å²) in [6, 6.07) is 0. The molecule has 0 spiro atoms. The highest BCUT2D eigenvalue weighted by Crippen LogP contribution is 2.01. The van der Waals surface area contributed by atoms with Gasteiger partial charge >= 0.3 is 10.2 Å². The smallest absolute Gasteiger partial charge is 0.307 e. The van der Waals surface area contributed by atoms with Crippen molar-refractivity contribution in [1.82, 2.24) is 0 Å². The Kier molecular flexibility index (Phi) is 3.07. The molecule has 0 rings (SSSR count). The van der Waals surface area contributed by atoms with Crippen LogP contribution in [0.5, 0.6) is 0 Å². The normalized spacial score (nSPS) is 15.4. The minimum Gasteiger partial charge on any atom is -0.383 e. The maximum Gasteiger partial charge on any atom is 0.307 e. The molecule has 0 amide bonds. The zero-order valence-corrected chi connectivity index (χ0v) is 6.11. The van der Waals surface area contributed by atoms with Gasteiger partial charge in [-0.3, -0.25) is 0 Å². The average Bonchev–Trinajstić information content (AvgIpc) is 1.64. The van der Waals surface area contributed by atoms with Gasteiger partial charge in [0.25, 0.3) is 0 Å². The van der Waals surface area contributed by atoms with Crippen molar-refractivity contribution in [3.8, 4) is 0 Å². The van der Waals surface area contributed by atoms with E-state index in [2.05, 4.69) is 4.74 Å². The van der Waals surface area contributed by atoms with E-state index >= 15 is 0 Å². The SMILES string of the molecule is COC[C@H](C)S(=O)(=O)F. The van der Waals surface area contributed by atoms with E-state index in [0.29, 0.717) is 0 Å². The van der Waals surface area contributed by atoms with Crippen LogP contribution in [-0.2, 0) is 15.0 Å². The Balaban J connectivity index is 3.90. The lowest BCUT2D eigenvalue weighted by molar-refractivity contribution is 0.199. The molecular weight excluding hydrogens is 147 g/mol. The first-order valence-electron chi connectivity index (χ1n) is 2.41. The summed E-state index contributed by atoms with van der Waals surface area (Å²) in [5, 5.41) is -1.05. The first-order chi connectivity index (χ1) is 3.98. The lowest BCUT2D eigenvalue weighted by Gasteiger charge is -2.02. The molecular formula is C4H9FO3S. The monoisotopic (exact) mass is 156 g/mol. The molecule has 9 heavy (non-hydrogen) atoms. The van der Waals surface area contributed by atoms with E-state index in [9.17, 15) is 12.3 Å². The van der Waals surface area contributed by atoms with Crippen LogP contribution in [0, 0.1) is 0 Å². The number of methoxy groups -OCH3 is 1. The maximum absolute atomic E-state index is 11.9. The number of hydrogen-bond donors (Lipinski definition) is 0. The van der Waals surface area contributed by atoms with Gasteiger partial charge in [0, 0.05) is 7.11 Å². The van der Waals surface area contributed by atoms with E-state index < -0.39 is 15.5 Å².